The number of rotatable bonds is 0. The van der Waals surface area contributed by atoms with Crippen molar-refractivity contribution in [2.24, 2.45) is 0 Å². The first kappa shape index (κ1) is 9.50. The number of hydrogen-bond donors (Lipinski definition) is 0. The minimum Gasteiger partial charge on any atom is -0.279 e. The lowest BCUT2D eigenvalue weighted by atomic mass is 11.9. The highest BCUT2D eigenvalue weighted by atomic mass is 31.1. The summed E-state index contributed by atoms with van der Waals surface area (Å²) >= 11 is 0. The van der Waals surface area contributed by atoms with Crippen LogP contribution >= 0.6 is 16.9 Å². The van der Waals surface area contributed by atoms with E-state index in [1.54, 1.807) is 22.4 Å². The predicted molar refractivity (Wildman–Crippen MR) is 28.5 cm³/mol. The molecule has 6 heavy (non-hydrogen) atoms. The maximum Gasteiger partial charge on any atom is 0.332 e. The monoisotopic (exact) mass is 125 g/mol. The molecule has 0 rings (SSSR count). The molecule has 0 N–H and O–H groups in total. The zero-order valence-electron chi connectivity index (χ0n) is 3.76. The van der Waals surface area contributed by atoms with Gasteiger partial charge in [0.1, 0.15) is 22.4 Å². The molecular weight excluding hydrogens is 118 g/mol. The maximum absolute atomic E-state index is 9.59. The summed E-state index contributed by atoms with van der Waals surface area (Å²) in [5.74, 6) is 0. The fraction of sp³-hybridized carbons (Fsp3) is 1.00. The first-order valence-electron chi connectivity index (χ1n) is 1.28. The summed E-state index contributed by atoms with van der Waals surface area (Å²) in [6.45, 7) is 3.35. The van der Waals surface area contributed by atoms with Gasteiger partial charge in [-0.15, -0.1) is 0 Å². The second-order valence-corrected chi connectivity index (χ2v) is 2.44. The van der Waals surface area contributed by atoms with Crippen LogP contribution in [0.1, 0.15) is 0 Å². The largest absolute Gasteiger partial charge is 0.332 e. The van der Waals surface area contributed by atoms with E-state index in [4.69, 9.17) is 4.57 Å². The fourth-order valence-electron chi connectivity index (χ4n) is 0. The third-order valence-electron chi connectivity index (χ3n) is 0. The van der Waals surface area contributed by atoms with Gasteiger partial charge < -0.3 is 0 Å². The first-order chi connectivity index (χ1) is 2.73. The van der Waals surface area contributed by atoms with Crippen LogP contribution < -0.4 is 0 Å². The van der Waals surface area contributed by atoms with Gasteiger partial charge >= 0.3 is 7.80 Å². The predicted octanol–water partition coefficient (Wildman–Crippen LogP) is 1.55. The molecule has 0 radical (unpaired) electrons. The van der Waals surface area contributed by atoms with Crippen LogP contribution in [0.15, 0.2) is 0 Å². The highest BCUT2D eigenvalue weighted by molar-refractivity contribution is 7.42. The molecular formula is C2H7O2P2+. The van der Waals surface area contributed by atoms with Gasteiger partial charge in [0, 0.05) is 0 Å². The van der Waals surface area contributed by atoms with Crippen LogP contribution in [0.2, 0.25) is 0 Å². The topological polar surface area (TPSA) is 34.1 Å². The molecule has 0 bridgehead atoms. The summed E-state index contributed by atoms with van der Waals surface area (Å²) in [6, 6.07) is 0. The Balaban J connectivity index is 0. The standard InChI is InChI=1S/C2H6OP.HOP/c1-4(2)3;1-2/h1-2H3;2H/q+1;. The van der Waals surface area contributed by atoms with Crippen molar-refractivity contribution >= 4 is 16.9 Å². The first-order valence-corrected chi connectivity index (χ1v) is 3.84. The van der Waals surface area contributed by atoms with Crippen LogP contribution in [0.25, 0.3) is 0 Å². The average molecular weight is 125 g/mol. The highest BCUT2D eigenvalue weighted by Crippen LogP contribution is 2.00. The molecule has 4 heteroatoms. The quantitative estimate of drug-likeness (QED) is 0.460. The third kappa shape index (κ3) is 1080. The zero-order valence-corrected chi connectivity index (χ0v) is 5.66. The molecule has 0 spiro atoms. The van der Waals surface area contributed by atoms with E-state index in [0.29, 0.717) is 0 Å². The zero-order chi connectivity index (χ0) is 5.58. The fourth-order valence-corrected chi connectivity index (χ4v) is 0. The molecule has 0 aromatic carbocycles. The van der Waals surface area contributed by atoms with Crippen LogP contribution in [0.3, 0.4) is 0 Å². The Bertz CT molecular complexity index is 40.8. The van der Waals surface area contributed by atoms with Gasteiger partial charge in [0.2, 0.25) is 0 Å². The summed E-state index contributed by atoms with van der Waals surface area (Å²) < 4.78 is 17.6. The summed E-state index contributed by atoms with van der Waals surface area (Å²) in [5, 5.41) is 0. The minimum atomic E-state index is -0.870. The lowest BCUT2D eigenvalue weighted by molar-refractivity contribution is 0.594. The van der Waals surface area contributed by atoms with Gasteiger partial charge in [-0.3, -0.25) is 4.57 Å². The Morgan fingerprint density at radius 3 is 1.33 bits per heavy atom. The molecule has 0 aromatic rings. The SMILES string of the molecule is C[P+](C)=O.O=P. The van der Waals surface area contributed by atoms with E-state index in [2.05, 4.69) is 0 Å². The lowest BCUT2D eigenvalue weighted by Crippen LogP contribution is -1.33. The van der Waals surface area contributed by atoms with E-state index in [9.17, 15) is 4.57 Å². The molecule has 0 fully saturated rings. The van der Waals surface area contributed by atoms with Crippen LogP contribution in [0, 0.1) is 0 Å². The summed E-state index contributed by atoms with van der Waals surface area (Å²) in [6.07, 6.45) is 0. The second kappa shape index (κ2) is 8.96. The normalized spacial score (nSPS) is 5.00. The van der Waals surface area contributed by atoms with Crippen molar-refractivity contribution in [3.63, 3.8) is 0 Å². The molecule has 0 unspecified atom stereocenters. The average Bonchev–Trinajstić information content (AvgIpc) is 1.41. The molecule has 0 aliphatic carbocycles. The maximum atomic E-state index is 9.59. The van der Waals surface area contributed by atoms with Crippen LogP contribution in [0.5, 0.6) is 0 Å². The molecule has 36 valence electrons. The van der Waals surface area contributed by atoms with Gasteiger partial charge in [-0.1, -0.05) is 4.57 Å². The Labute approximate surface area is 40.3 Å². The molecule has 0 saturated heterocycles. The van der Waals surface area contributed by atoms with Crippen LogP contribution in [-0.4, -0.2) is 13.3 Å². The van der Waals surface area contributed by atoms with E-state index in [1.807, 2.05) is 0 Å². The molecule has 0 aliphatic rings. The molecule has 0 saturated carbocycles. The van der Waals surface area contributed by atoms with Crippen molar-refractivity contribution in [1.82, 2.24) is 0 Å². The van der Waals surface area contributed by atoms with Crippen molar-refractivity contribution < 1.29 is 9.13 Å². The van der Waals surface area contributed by atoms with Gasteiger partial charge in [0.05, 0.1) is 0 Å². The smallest absolute Gasteiger partial charge is 0.279 e. The van der Waals surface area contributed by atoms with Gasteiger partial charge in [0.25, 0.3) is 0 Å². The van der Waals surface area contributed by atoms with Gasteiger partial charge in [-0.05, 0) is 0 Å². The lowest BCUT2D eigenvalue weighted by Gasteiger charge is -1.37. The molecule has 0 amide bonds. The molecule has 0 aliphatic heterocycles. The van der Waals surface area contributed by atoms with E-state index in [1.165, 1.54) is 0 Å². The van der Waals surface area contributed by atoms with Crippen molar-refractivity contribution in [3.8, 4) is 0 Å². The van der Waals surface area contributed by atoms with E-state index < -0.39 is 7.80 Å². The van der Waals surface area contributed by atoms with Crippen molar-refractivity contribution in [1.29, 1.82) is 0 Å². The summed E-state index contributed by atoms with van der Waals surface area (Å²) in [7, 11) is 0.852. The van der Waals surface area contributed by atoms with Crippen LogP contribution in [-0.2, 0) is 9.13 Å². The Hall–Kier alpha value is 0.200. The summed E-state index contributed by atoms with van der Waals surface area (Å²) in [4.78, 5) is 0. The van der Waals surface area contributed by atoms with E-state index in [0.717, 1.165) is 0 Å². The van der Waals surface area contributed by atoms with Crippen molar-refractivity contribution in [2.75, 3.05) is 13.3 Å². The Kier molecular flexibility index (Phi) is 14.2. The Morgan fingerprint density at radius 1 is 1.33 bits per heavy atom. The van der Waals surface area contributed by atoms with Gasteiger partial charge in [0.15, 0.2) is 0 Å². The Morgan fingerprint density at radius 2 is 1.33 bits per heavy atom. The van der Waals surface area contributed by atoms with Crippen molar-refractivity contribution in [2.45, 2.75) is 0 Å². The molecule has 0 atom stereocenters. The van der Waals surface area contributed by atoms with Gasteiger partial charge in [-0.25, -0.2) is 0 Å². The van der Waals surface area contributed by atoms with E-state index >= 15 is 0 Å². The second-order valence-electron chi connectivity index (χ2n) is 0.812. The molecule has 0 aromatic heterocycles. The van der Waals surface area contributed by atoms with E-state index in [-0.39, 0.29) is 0 Å². The summed E-state index contributed by atoms with van der Waals surface area (Å²) in [5.41, 5.74) is 0. The highest BCUT2D eigenvalue weighted by Gasteiger charge is 1.80. The van der Waals surface area contributed by atoms with Gasteiger partial charge in [-0.2, -0.15) is 0 Å². The molecule has 0 heterocycles. The van der Waals surface area contributed by atoms with Crippen molar-refractivity contribution in [3.05, 3.63) is 0 Å². The third-order valence-corrected chi connectivity index (χ3v) is 0. The number of hydrogen-bond acceptors (Lipinski definition) is 2. The molecule has 2 nitrogen and oxygen atoms in total. The van der Waals surface area contributed by atoms with Crippen LogP contribution in [0.4, 0.5) is 0 Å². The minimum absolute atomic E-state index is 0.870.